The predicted molar refractivity (Wildman–Crippen MR) is 52.7 cm³/mol. The normalized spacial score (nSPS) is 21.1. The van der Waals surface area contributed by atoms with Crippen LogP contribution in [0.4, 0.5) is 10.5 Å². The van der Waals surface area contributed by atoms with Crippen molar-refractivity contribution in [2.24, 2.45) is 0 Å². The van der Waals surface area contributed by atoms with Crippen molar-refractivity contribution in [3.05, 3.63) is 29.8 Å². The van der Waals surface area contributed by atoms with Gasteiger partial charge in [-0.3, -0.25) is 0 Å². The largest absolute Gasteiger partial charge is 0.449 e. The predicted octanol–water partition coefficient (Wildman–Crippen LogP) is 1.44. The van der Waals surface area contributed by atoms with Crippen LogP contribution in [-0.2, 0) is 4.74 Å². The molecule has 4 heteroatoms. The summed E-state index contributed by atoms with van der Waals surface area (Å²) in [6.07, 6.45) is 0.393. The van der Waals surface area contributed by atoms with Crippen molar-refractivity contribution in [1.82, 2.24) is 5.32 Å². The molecule has 1 aliphatic rings. The van der Waals surface area contributed by atoms with Crippen LogP contribution in [0.1, 0.15) is 18.0 Å². The number of cyclic esters (lactones) is 1. The lowest BCUT2D eigenvalue weighted by molar-refractivity contribution is 0.115. The molecule has 0 saturated carbocycles. The van der Waals surface area contributed by atoms with Gasteiger partial charge in [0.15, 0.2) is 0 Å². The second-order valence-electron chi connectivity index (χ2n) is 3.25. The molecule has 3 N–H and O–H groups in total. The minimum absolute atomic E-state index is 0.0163. The quantitative estimate of drug-likeness (QED) is 0.662. The molecule has 1 atom stereocenters. The molecule has 1 aliphatic heterocycles. The van der Waals surface area contributed by atoms with Crippen molar-refractivity contribution in [3.63, 3.8) is 0 Å². The summed E-state index contributed by atoms with van der Waals surface area (Å²) in [7, 11) is 0. The Kier molecular flexibility index (Phi) is 2.26. The summed E-state index contributed by atoms with van der Waals surface area (Å²) in [5.41, 5.74) is 7.47. The van der Waals surface area contributed by atoms with Crippen LogP contribution in [0.25, 0.3) is 0 Å². The van der Waals surface area contributed by atoms with E-state index in [1.807, 2.05) is 24.3 Å². The first-order valence-electron chi connectivity index (χ1n) is 4.55. The van der Waals surface area contributed by atoms with Crippen molar-refractivity contribution in [3.8, 4) is 0 Å². The number of nitrogens with two attached hydrogens (primary N) is 1. The maximum atomic E-state index is 11.0. The van der Waals surface area contributed by atoms with Gasteiger partial charge in [0, 0.05) is 12.1 Å². The number of carbonyl (C=O) groups is 1. The maximum Gasteiger partial charge on any atom is 0.407 e. The van der Waals surface area contributed by atoms with Gasteiger partial charge in [0.1, 0.15) is 0 Å². The highest BCUT2D eigenvalue weighted by atomic mass is 16.5. The van der Waals surface area contributed by atoms with E-state index < -0.39 is 0 Å². The minimum Gasteiger partial charge on any atom is -0.449 e. The van der Waals surface area contributed by atoms with Gasteiger partial charge in [0.2, 0.25) is 0 Å². The van der Waals surface area contributed by atoms with Crippen LogP contribution in [0.2, 0.25) is 0 Å². The number of hydrogen-bond acceptors (Lipinski definition) is 3. The first-order chi connectivity index (χ1) is 6.77. The third-order valence-corrected chi connectivity index (χ3v) is 2.30. The van der Waals surface area contributed by atoms with Gasteiger partial charge in [0.05, 0.1) is 12.6 Å². The highest BCUT2D eigenvalue weighted by molar-refractivity contribution is 5.69. The second kappa shape index (κ2) is 3.57. The third-order valence-electron chi connectivity index (χ3n) is 2.30. The summed E-state index contributed by atoms with van der Waals surface area (Å²) in [6, 6.07) is 7.52. The van der Waals surface area contributed by atoms with Crippen molar-refractivity contribution in [1.29, 1.82) is 0 Å². The average Bonchev–Trinajstić information content (AvgIpc) is 2.18. The van der Waals surface area contributed by atoms with E-state index in [4.69, 9.17) is 10.5 Å². The van der Waals surface area contributed by atoms with Gasteiger partial charge in [-0.1, -0.05) is 18.2 Å². The van der Waals surface area contributed by atoms with Crippen LogP contribution in [0.3, 0.4) is 0 Å². The number of para-hydroxylation sites is 1. The van der Waals surface area contributed by atoms with Gasteiger partial charge in [-0.15, -0.1) is 0 Å². The van der Waals surface area contributed by atoms with Crippen LogP contribution in [0, 0.1) is 0 Å². The summed E-state index contributed by atoms with van der Waals surface area (Å²) >= 11 is 0. The lowest BCUT2D eigenvalue weighted by atomic mass is 10.0. The van der Waals surface area contributed by atoms with Crippen LogP contribution < -0.4 is 11.1 Å². The molecule has 1 aromatic rings. The van der Waals surface area contributed by atoms with Crippen molar-refractivity contribution in [2.45, 2.75) is 12.5 Å². The molecule has 4 nitrogen and oxygen atoms in total. The number of anilines is 1. The Bertz CT molecular complexity index is 352. The number of nitrogens with one attached hydrogen (secondary N) is 1. The third kappa shape index (κ3) is 1.64. The zero-order chi connectivity index (χ0) is 9.97. The molecule has 74 valence electrons. The minimum atomic E-state index is -0.371. The SMILES string of the molecule is Nc1ccccc1C1CCOC(=O)N1. The van der Waals surface area contributed by atoms with E-state index in [2.05, 4.69) is 5.32 Å². The van der Waals surface area contributed by atoms with E-state index in [1.54, 1.807) is 0 Å². The molecule has 1 unspecified atom stereocenters. The van der Waals surface area contributed by atoms with Crippen LogP contribution >= 0.6 is 0 Å². The Morgan fingerprint density at radius 1 is 1.43 bits per heavy atom. The fraction of sp³-hybridized carbons (Fsp3) is 0.300. The van der Waals surface area contributed by atoms with Crippen LogP contribution in [0.15, 0.2) is 24.3 Å². The Morgan fingerprint density at radius 2 is 2.21 bits per heavy atom. The molecule has 1 fully saturated rings. The highest BCUT2D eigenvalue weighted by Crippen LogP contribution is 2.24. The zero-order valence-electron chi connectivity index (χ0n) is 7.69. The van der Waals surface area contributed by atoms with E-state index in [0.29, 0.717) is 12.3 Å². The molecule has 1 aromatic carbocycles. The van der Waals surface area contributed by atoms with Gasteiger partial charge in [0.25, 0.3) is 0 Å². The summed E-state index contributed by atoms with van der Waals surface area (Å²) < 4.78 is 4.78. The van der Waals surface area contributed by atoms with E-state index in [0.717, 1.165) is 12.0 Å². The Labute approximate surface area is 82.1 Å². The average molecular weight is 192 g/mol. The first kappa shape index (κ1) is 8.87. The van der Waals surface area contributed by atoms with E-state index in [9.17, 15) is 4.79 Å². The topological polar surface area (TPSA) is 64.3 Å². The number of benzene rings is 1. The molecule has 2 rings (SSSR count). The highest BCUT2D eigenvalue weighted by Gasteiger charge is 2.21. The fourth-order valence-electron chi connectivity index (χ4n) is 1.59. The lowest BCUT2D eigenvalue weighted by Gasteiger charge is -2.24. The molecule has 1 amide bonds. The van der Waals surface area contributed by atoms with E-state index in [1.165, 1.54) is 0 Å². The molecular formula is C10H12N2O2. The van der Waals surface area contributed by atoms with Crippen molar-refractivity contribution >= 4 is 11.8 Å². The maximum absolute atomic E-state index is 11.0. The number of nitrogen functional groups attached to an aromatic ring is 1. The van der Waals surface area contributed by atoms with Gasteiger partial charge in [-0.25, -0.2) is 4.79 Å². The Balaban J connectivity index is 2.22. The molecule has 0 spiro atoms. The van der Waals surface area contributed by atoms with E-state index in [-0.39, 0.29) is 12.1 Å². The molecule has 14 heavy (non-hydrogen) atoms. The first-order valence-corrected chi connectivity index (χ1v) is 4.55. The Hall–Kier alpha value is -1.71. The Morgan fingerprint density at radius 3 is 2.93 bits per heavy atom. The zero-order valence-corrected chi connectivity index (χ0v) is 7.69. The fourth-order valence-corrected chi connectivity index (χ4v) is 1.59. The van der Waals surface area contributed by atoms with Gasteiger partial charge >= 0.3 is 6.09 Å². The molecule has 0 aromatic heterocycles. The number of hydrogen-bond donors (Lipinski definition) is 2. The number of carbonyl (C=O) groups excluding carboxylic acids is 1. The summed E-state index contributed by atoms with van der Waals surface area (Å²) in [5, 5.41) is 2.73. The van der Waals surface area contributed by atoms with Gasteiger partial charge in [-0.2, -0.15) is 0 Å². The summed E-state index contributed by atoms with van der Waals surface area (Å²) in [5.74, 6) is 0. The summed E-state index contributed by atoms with van der Waals surface area (Å²) in [4.78, 5) is 11.0. The number of ether oxygens (including phenoxy) is 1. The molecule has 0 aliphatic carbocycles. The molecule has 0 radical (unpaired) electrons. The van der Waals surface area contributed by atoms with Gasteiger partial charge < -0.3 is 15.8 Å². The lowest BCUT2D eigenvalue weighted by Crippen LogP contribution is -2.35. The molecule has 1 heterocycles. The van der Waals surface area contributed by atoms with Crippen molar-refractivity contribution in [2.75, 3.05) is 12.3 Å². The molecular weight excluding hydrogens is 180 g/mol. The monoisotopic (exact) mass is 192 g/mol. The molecule has 1 saturated heterocycles. The van der Waals surface area contributed by atoms with Crippen molar-refractivity contribution < 1.29 is 9.53 Å². The second-order valence-corrected chi connectivity index (χ2v) is 3.25. The smallest absolute Gasteiger partial charge is 0.407 e. The number of rotatable bonds is 1. The van der Waals surface area contributed by atoms with Crippen LogP contribution in [0.5, 0.6) is 0 Å². The molecule has 0 bridgehead atoms. The number of amides is 1. The van der Waals surface area contributed by atoms with Crippen LogP contribution in [-0.4, -0.2) is 12.7 Å². The standard InChI is InChI=1S/C10H12N2O2/c11-8-4-2-1-3-7(8)9-5-6-14-10(13)12-9/h1-4,9H,5-6,11H2,(H,12,13). The van der Waals surface area contributed by atoms with Gasteiger partial charge in [-0.05, 0) is 11.6 Å². The van der Waals surface area contributed by atoms with E-state index >= 15 is 0 Å². The summed E-state index contributed by atoms with van der Waals surface area (Å²) in [6.45, 7) is 0.449. The number of alkyl carbamates (subject to hydrolysis) is 1.